The number of aromatic nitrogens is 3. The molecule has 2 aliphatic heterocycles. The third-order valence-electron chi connectivity index (χ3n) is 5.93. The molecule has 5 rings (SSSR count). The van der Waals surface area contributed by atoms with Crippen molar-refractivity contribution in [1.82, 2.24) is 19.7 Å². The van der Waals surface area contributed by atoms with Crippen LogP contribution >= 0.6 is 11.8 Å². The van der Waals surface area contributed by atoms with Crippen LogP contribution in [0.5, 0.6) is 0 Å². The van der Waals surface area contributed by atoms with Crippen molar-refractivity contribution in [2.75, 3.05) is 25.4 Å². The first kappa shape index (κ1) is 21.2. The predicted octanol–water partition coefficient (Wildman–Crippen LogP) is 4.25. The summed E-state index contributed by atoms with van der Waals surface area (Å²) >= 11 is 1.72. The first-order valence-electron chi connectivity index (χ1n) is 11.4. The number of likely N-dealkylation sites (tertiary alicyclic amines) is 1. The Morgan fingerprint density at radius 2 is 1.62 bits per heavy atom. The molecule has 0 aliphatic carbocycles. The van der Waals surface area contributed by atoms with Crippen molar-refractivity contribution in [2.24, 2.45) is 4.99 Å². The summed E-state index contributed by atoms with van der Waals surface area (Å²) in [5.74, 6) is 2.59. The summed E-state index contributed by atoms with van der Waals surface area (Å²) in [6.45, 7) is 4.63. The molecule has 166 valence electrons. The summed E-state index contributed by atoms with van der Waals surface area (Å²) in [5.41, 5.74) is 2.30. The molecule has 0 N–H and O–H groups in total. The molecule has 1 saturated heterocycles. The SMILES string of the molecule is c1ccc(Cn2c(CN3CCCCC3)nnc2SC[C@@H]2CN=C(c3ccccc3)O2)cc1. The molecule has 2 aromatic carbocycles. The topological polar surface area (TPSA) is 55.5 Å². The van der Waals surface area contributed by atoms with Crippen LogP contribution in [0.3, 0.4) is 0 Å². The molecule has 3 aromatic rings. The van der Waals surface area contributed by atoms with Crippen molar-refractivity contribution < 1.29 is 4.74 Å². The van der Waals surface area contributed by atoms with E-state index in [1.807, 2.05) is 30.3 Å². The fourth-order valence-electron chi connectivity index (χ4n) is 4.20. The van der Waals surface area contributed by atoms with E-state index in [-0.39, 0.29) is 6.10 Å². The van der Waals surface area contributed by atoms with E-state index in [0.29, 0.717) is 6.54 Å². The number of hydrogen-bond donors (Lipinski definition) is 0. The van der Waals surface area contributed by atoms with Crippen LogP contribution in [0.1, 0.15) is 36.2 Å². The second-order valence-electron chi connectivity index (χ2n) is 8.37. The van der Waals surface area contributed by atoms with Gasteiger partial charge in [0, 0.05) is 11.3 Å². The second-order valence-corrected chi connectivity index (χ2v) is 9.36. The summed E-state index contributed by atoms with van der Waals surface area (Å²) in [5, 5.41) is 10.1. The van der Waals surface area contributed by atoms with Crippen LogP contribution in [-0.4, -0.2) is 57.1 Å². The van der Waals surface area contributed by atoms with Crippen molar-refractivity contribution in [3.8, 4) is 0 Å². The van der Waals surface area contributed by atoms with E-state index in [1.165, 1.54) is 24.8 Å². The Labute approximate surface area is 193 Å². The Morgan fingerprint density at radius 1 is 0.875 bits per heavy atom. The van der Waals surface area contributed by atoms with Crippen LogP contribution in [0.4, 0.5) is 0 Å². The van der Waals surface area contributed by atoms with Gasteiger partial charge in [0.25, 0.3) is 0 Å². The van der Waals surface area contributed by atoms with E-state index in [2.05, 4.69) is 55.0 Å². The molecule has 0 saturated carbocycles. The van der Waals surface area contributed by atoms with Crippen LogP contribution in [-0.2, 0) is 17.8 Å². The largest absolute Gasteiger partial charge is 0.471 e. The highest BCUT2D eigenvalue weighted by atomic mass is 32.2. The van der Waals surface area contributed by atoms with Crippen molar-refractivity contribution in [1.29, 1.82) is 0 Å². The zero-order valence-electron chi connectivity index (χ0n) is 18.3. The van der Waals surface area contributed by atoms with Crippen LogP contribution in [0.25, 0.3) is 0 Å². The van der Waals surface area contributed by atoms with Crippen molar-refractivity contribution in [3.05, 3.63) is 77.6 Å². The monoisotopic (exact) mass is 447 g/mol. The summed E-state index contributed by atoms with van der Waals surface area (Å²) in [7, 11) is 0. The lowest BCUT2D eigenvalue weighted by molar-refractivity contribution is 0.213. The molecule has 0 bridgehead atoms. The molecule has 7 heteroatoms. The minimum absolute atomic E-state index is 0.0580. The number of hydrogen-bond acceptors (Lipinski definition) is 6. The zero-order valence-corrected chi connectivity index (χ0v) is 19.1. The number of rotatable bonds is 8. The van der Waals surface area contributed by atoms with Gasteiger partial charge in [0.2, 0.25) is 5.90 Å². The van der Waals surface area contributed by atoms with Gasteiger partial charge in [-0.05, 0) is 43.6 Å². The first-order chi connectivity index (χ1) is 15.8. The number of benzene rings is 2. The molecule has 1 atom stereocenters. The predicted molar refractivity (Wildman–Crippen MR) is 128 cm³/mol. The maximum Gasteiger partial charge on any atom is 0.216 e. The molecular weight excluding hydrogens is 418 g/mol. The maximum atomic E-state index is 6.12. The smallest absolute Gasteiger partial charge is 0.216 e. The van der Waals surface area contributed by atoms with E-state index in [4.69, 9.17) is 4.74 Å². The molecular formula is C25H29N5OS. The molecule has 0 unspecified atom stereocenters. The molecule has 0 spiro atoms. The van der Waals surface area contributed by atoms with Crippen LogP contribution in [0.2, 0.25) is 0 Å². The lowest BCUT2D eigenvalue weighted by atomic mass is 10.1. The van der Waals surface area contributed by atoms with E-state index < -0.39 is 0 Å². The van der Waals surface area contributed by atoms with E-state index in [0.717, 1.165) is 54.4 Å². The maximum absolute atomic E-state index is 6.12. The van der Waals surface area contributed by atoms with Gasteiger partial charge >= 0.3 is 0 Å². The zero-order chi connectivity index (χ0) is 21.6. The number of ether oxygens (including phenoxy) is 1. The Hall–Kier alpha value is -2.64. The van der Waals surface area contributed by atoms with E-state index in [9.17, 15) is 0 Å². The Bertz CT molecular complexity index is 1030. The van der Waals surface area contributed by atoms with Crippen LogP contribution < -0.4 is 0 Å². The van der Waals surface area contributed by atoms with Crippen molar-refractivity contribution >= 4 is 17.7 Å². The van der Waals surface area contributed by atoms with Gasteiger partial charge in [0.15, 0.2) is 5.16 Å². The van der Waals surface area contributed by atoms with E-state index in [1.54, 1.807) is 11.8 Å². The van der Waals surface area contributed by atoms with Gasteiger partial charge < -0.3 is 9.30 Å². The summed E-state index contributed by atoms with van der Waals surface area (Å²) in [6, 6.07) is 20.7. The minimum atomic E-state index is 0.0580. The number of thioether (sulfide) groups is 1. The summed E-state index contributed by atoms with van der Waals surface area (Å²) < 4.78 is 8.40. The lowest BCUT2D eigenvalue weighted by Gasteiger charge is -2.26. The molecule has 6 nitrogen and oxygen atoms in total. The molecule has 1 fully saturated rings. The first-order valence-corrected chi connectivity index (χ1v) is 12.4. The lowest BCUT2D eigenvalue weighted by Crippen LogP contribution is -2.30. The molecule has 3 heterocycles. The molecule has 32 heavy (non-hydrogen) atoms. The molecule has 0 amide bonds. The molecule has 1 aromatic heterocycles. The minimum Gasteiger partial charge on any atom is -0.471 e. The summed E-state index contributed by atoms with van der Waals surface area (Å²) in [4.78, 5) is 7.11. The Morgan fingerprint density at radius 3 is 2.41 bits per heavy atom. The standard InChI is InChI=1S/C25H29N5OS/c1-4-10-20(11-5-1)17-30-23(18-29-14-8-3-9-15-29)27-28-25(30)32-19-22-16-26-24(31-22)21-12-6-2-7-13-21/h1-2,4-7,10-13,22H,3,8-9,14-19H2/t22-/m0/s1. The highest BCUT2D eigenvalue weighted by Gasteiger charge is 2.23. The highest BCUT2D eigenvalue weighted by molar-refractivity contribution is 7.99. The third kappa shape index (κ3) is 5.22. The normalized spacial score (nSPS) is 19.0. The molecule has 2 aliphatic rings. The van der Waals surface area contributed by atoms with Gasteiger partial charge in [0.1, 0.15) is 11.9 Å². The van der Waals surface area contributed by atoms with Gasteiger partial charge in [-0.25, -0.2) is 4.99 Å². The summed E-state index contributed by atoms with van der Waals surface area (Å²) in [6.07, 6.45) is 3.94. The van der Waals surface area contributed by atoms with Crippen LogP contribution in [0.15, 0.2) is 70.8 Å². The van der Waals surface area contributed by atoms with Gasteiger partial charge in [0.05, 0.1) is 19.6 Å². The van der Waals surface area contributed by atoms with Gasteiger partial charge in [-0.3, -0.25) is 4.90 Å². The van der Waals surface area contributed by atoms with Crippen LogP contribution in [0, 0.1) is 0 Å². The third-order valence-corrected chi connectivity index (χ3v) is 7.03. The number of nitrogens with zero attached hydrogens (tertiary/aromatic N) is 5. The quantitative estimate of drug-likeness (QED) is 0.483. The number of aliphatic imine (C=N–C) groups is 1. The molecule has 0 radical (unpaired) electrons. The second kappa shape index (κ2) is 10.3. The van der Waals surface area contributed by atoms with Crippen molar-refractivity contribution in [2.45, 2.75) is 43.6 Å². The Balaban J connectivity index is 1.26. The van der Waals surface area contributed by atoms with E-state index >= 15 is 0 Å². The van der Waals surface area contributed by atoms with Crippen molar-refractivity contribution in [3.63, 3.8) is 0 Å². The Kier molecular flexibility index (Phi) is 6.84. The fraction of sp³-hybridized carbons (Fsp3) is 0.400. The average Bonchev–Trinajstić information content (AvgIpc) is 3.47. The average molecular weight is 448 g/mol. The highest BCUT2D eigenvalue weighted by Crippen LogP contribution is 2.24. The number of piperidine rings is 1. The van der Waals surface area contributed by atoms with Gasteiger partial charge in [-0.1, -0.05) is 66.7 Å². The van der Waals surface area contributed by atoms with Gasteiger partial charge in [-0.15, -0.1) is 10.2 Å². The van der Waals surface area contributed by atoms with Gasteiger partial charge in [-0.2, -0.15) is 0 Å². The fourth-order valence-corrected chi connectivity index (χ4v) is 5.13.